The highest BCUT2D eigenvalue weighted by Crippen LogP contribution is 2.23. The fourth-order valence-corrected chi connectivity index (χ4v) is 1.98. The molecule has 2 aromatic rings. The first-order chi connectivity index (χ1) is 8.22. The van der Waals surface area contributed by atoms with Gasteiger partial charge in [-0.15, -0.1) is 0 Å². The van der Waals surface area contributed by atoms with Gasteiger partial charge < -0.3 is 5.32 Å². The molecule has 4 heteroatoms. The molecular formula is C13H14BrN3. The summed E-state index contributed by atoms with van der Waals surface area (Å²) in [4.78, 5) is 8.92. The second kappa shape index (κ2) is 5.27. The summed E-state index contributed by atoms with van der Waals surface area (Å²) in [6.45, 7) is 2.06. The number of nitrogens with zero attached hydrogens (tertiary/aromatic N) is 2. The van der Waals surface area contributed by atoms with Crippen LogP contribution >= 0.6 is 15.9 Å². The first-order valence-electron chi connectivity index (χ1n) is 5.54. The number of nitrogens with one attached hydrogen (secondary N) is 1. The predicted molar refractivity (Wildman–Crippen MR) is 74.1 cm³/mol. The molecule has 0 aliphatic heterocycles. The van der Waals surface area contributed by atoms with Crippen LogP contribution in [0.15, 0.2) is 34.8 Å². The summed E-state index contributed by atoms with van der Waals surface area (Å²) in [7, 11) is 1.87. The third kappa shape index (κ3) is 2.82. The van der Waals surface area contributed by atoms with Crippen LogP contribution in [0.1, 0.15) is 12.7 Å². The molecule has 0 spiro atoms. The van der Waals surface area contributed by atoms with Gasteiger partial charge in [-0.05, 0) is 12.1 Å². The molecule has 0 radical (unpaired) electrons. The van der Waals surface area contributed by atoms with Crippen molar-refractivity contribution in [3.63, 3.8) is 0 Å². The molecule has 1 aromatic heterocycles. The van der Waals surface area contributed by atoms with Crippen molar-refractivity contribution >= 4 is 21.7 Å². The Morgan fingerprint density at radius 1 is 1.24 bits per heavy atom. The van der Waals surface area contributed by atoms with Crippen molar-refractivity contribution in [3.05, 3.63) is 40.6 Å². The number of benzene rings is 1. The second-order valence-electron chi connectivity index (χ2n) is 3.67. The van der Waals surface area contributed by atoms with Gasteiger partial charge in [0.25, 0.3) is 0 Å². The van der Waals surface area contributed by atoms with E-state index < -0.39 is 0 Å². The lowest BCUT2D eigenvalue weighted by Crippen LogP contribution is -2.00. The Labute approximate surface area is 109 Å². The lowest BCUT2D eigenvalue weighted by molar-refractivity contribution is 0.945. The zero-order valence-corrected chi connectivity index (χ0v) is 11.5. The maximum absolute atomic E-state index is 4.54. The Kier molecular flexibility index (Phi) is 3.74. The van der Waals surface area contributed by atoms with E-state index in [1.165, 1.54) is 0 Å². The van der Waals surface area contributed by atoms with Crippen LogP contribution in [0.5, 0.6) is 0 Å². The van der Waals surface area contributed by atoms with Crippen LogP contribution in [0.2, 0.25) is 0 Å². The summed E-state index contributed by atoms with van der Waals surface area (Å²) in [6.07, 6.45) is 0.830. The highest BCUT2D eigenvalue weighted by molar-refractivity contribution is 9.10. The standard InChI is InChI=1S/C13H14BrN3/c1-3-12-16-11(8-13(15-2)17-12)9-5-4-6-10(14)7-9/h4-8H,3H2,1-2H3,(H,15,16,17). The molecule has 0 amide bonds. The van der Waals surface area contributed by atoms with Crippen LogP contribution in [-0.2, 0) is 6.42 Å². The summed E-state index contributed by atoms with van der Waals surface area (Å²) in [5.74, 6) is 1.71. The molecule has 0 saturated heterocycles. The number of hydrogen-bond acceptors (Lipinski definition) is 3. The highest BCUT2D eigenvalue weighted by atomic mass is 79.9. The molecule has 0 bridgehead atoms. The molecule has 2 rings (SSSR count). The summed E-state index contributed by atoms with van der Waals surface area (Å²) >= 11 is 3.47. The van der Waals surface area contributed by atoms with Crippen LogP contribution in [0.3, 0.4) is 0 Å². The van der Waals surface area contributed by atoms with Gasteiger partial charge in [-0.25, -0.2) is 9.97 Å². The highest BCUT2D eigenvalue weighted by Gasteiger charge is 2.05. The number of aromatic nitrogens is 2. The predicted octanol–water partition coefficient (Wildman–Crippen LogP) is 3.51. The van der Waals surface area contributed by atoms with Crippen LogP contribution < -0.4 is 5.32 Å². The zero-order valence-electron chi connectivity index (χ0n) is 9.87. The number of rotatable bonds is 3. The van der Waals surface area contributed by atoms with E-state index in [4.69, 9.17) is 0 Å². The van der Waals surface area contributed by atoms with Gasteiger partial charge in [0.2, 0.25) is 0 Å². The molecule has 88 valence electrons. The summed E-state index contributed by atoms with van der Waals surface area (Å²) in [5, 5.41) is 3.06. The fraction of sp³-hybridized carbons (Fsp3) is 0.231. The Morgan fingerprint density at radius 2 is 2.06 bits per heavy atom. The van der Waals surface area contributed by atoms with E-state index in [1.807, 2.05) is 31.3 Å². The summed E-state index contributed by atoms with van der Waals surface area (Å²) in [6, 6.07) is 10.1. The zero-order chi connectivity index (χ0) is 12.3. The molecule has 3 nitrogen and oxygen atoms in total. The largest absolute Gasteiger partial charge is 0.373 e. The van der Waals surface area contributed by atoms with Gasteiger partial charge in [0.1, 0.15) is 11.6 Å². The van der Waals surface area contributed by atoms with Crippen molar-refractivity contribution < 1.29 is 0 Å². The van der Waals surface area contributed by atoms with Gasteiger partial charge in [0.15, 0.2) is 0 Å². The lowest BCUT2D eigenvalue weighted by atomic mass is 10.1. The van der Waals surface area contributed by atoms with Gasteiger partial charge in [-0.1, -0.05) is 35.0 Å². The van der Waals surface area contributed by atoms with Crippen molar-refractivity contribution in [2.45, 2.75) is 13.3 Å². The number of aryl methyl sites for hydroxylation is 1. The van der Waals surface area contributed by atoms with Gasteiger partial charge in [0, 0.05) is 29.6 Å². The van der Waals surface area contributed by atoms with E-state index in [0.29, 0.717) is 0 Å². The molecule has 1 aromatic carbocycles. The minimum atomic E-state index is 0.830. The molecule has 0 aliphatic rings. The Balaban J connectivity index is 2.50. The first-order valence-corrected chi connectivity index (χ1v) is 6.34. The van der Waals surface area contributed by atoms with Crippen LogP contribution in [0, 0.1) is 0 Å². The number of anilines is 1. The Bertz CT molecular complexity index is 504. The number of hydrogen-bond donors (Lipinski definition) is 1. The maximum Gasteiger partial charge on any atom is 0.131 e. The smallest absolute Gasteiger partial charge is 0.131 e. The van der Waals surface area contributed by atoms with Gasteiger partial charge in [0.05, 0.1) is 5.69 Å². The molecule has 0 fully saturated rings. The van der Waals surface area contributed by atoms with E-state index in [0.717, 1.165) is 33.8 Å². The average molecular weight is 292 g/mol. The molecule has 17 heavy (non-hydrogen) atoms. The third-order valence-electron chi connectivity index (χ3n) is 2.47. The maximum atomic E-state index is 4.54. The van der Waals surface area contributed by atoms with Crippen LogP contribution in [0.25, 0.3) is 11.3 Å². The Hall–Kier alpha value is -1.42. The van der Waals surface area contributed by atoms with E-state index in [9.17, 15) is 0 Å². The van der Waals surface area contributed by atoms with Gasteiger partial charge >= 0.3 is 0 Å². The molecule has 0 unspecified atom stereocenters. The van der Waals surface area contributed by atoms with Crippen LogP contribution in [0.4, 0.5) is 5.82 Å². The molecule has 1 N–H and O–H groups in total. The van der Waals surface area contributed by atoms with Crippen LogP contribution in [-0.4, -0.2) is 17.0 Å². The second-order valence-corrected chi connectivity index (χ2v) is 4.58. The molecule has 1 heterocycles. The van der Waals surface area contributed by atoms with E-state index in [2.05, 4.69) is 44.2 Å². The quantitative estimate of drug-likeness (QED) is 0.940. The number of halogens is 1. The molecule has 0 saturated carbocycles. The topological polar surface area (TPSA) is 37.8 Å². The van der Waals surface area contributed by atoms with E-state index in [-0.39, 0.29) is 0 Å². The minimum Gasteiger partial charge on any atom is -0.373 e. The first kappa shape index (κ1) is 12.0. The van der Waals surface area contributed by atoms with Crippen molar-refractivity contribution in [2.75, 3.05) is 12.4 Å². The molecule has 0 aliphatic carbocycles. The fourth-order valence-electron chi connectivity index (χ4n) is 1.58. The monoisotopic (exact) mass is 291 g/mol. The molecule has 0 atom stereocenters. The van der Waals surface area contributed by atoms with Crippen molar-refractivity contribution in [2.24, 2.45) is 0 Å². The Morgan fingerprint density at radius 3 is 2.71 bits per heavy atom. The van der Waals surface area contributed by atoms with E-state index in [1.54, 1.807) is 0 Å². The summed E-state index contributed by atoms with van der Waals surface area (Å²) < 4.78 is 1.05. The lowest BCUT2D eigenvalue weighted by Gasteiger charge is -2.07. The van der Waals surface area contributed by atoms with Crippen molar-refractivity contribution in [1.82, 2.24) is 9.97 Å². The van der Waals surface area contributed by atoms with Crippen molar-refractivity contribution in [3.8, 4) is 11.3 Å². The van der Waals surface area contributed by atoms with Crippen molar-refractivity contribution in [1.29, 1.82) is 0 Å². The van der Waals surface area contributed by atoms with Gasteiger partial charge in [-0.3, -0.25) is 0 Å². The molecular weight excluding hydrogens is 278 g/mol. The summed E-state index contributed by atoms with van der Waals surface area (Å²) in [5.41, 5.74) is 2.04. The van der Waals surface area contributed by atoms with Gasteiger partial charge in [-0.2, -0.15) is 0 Å². The normalized spacial score (nSPS) is 10.3. The SMILES string of the molecule is CCc1nc(NC)cc(-c2cccc(Br)c2)n1. The average Bonchev–Trinajstić information content (AvgIpc) is 2.38. The van der Waals surface area contributed by atoms with E-state index >= 15 is 0 Å². The minimum absolute atomic E-state index is 0.830. The third-order valence-corrected chi connectivity index (χ3v) is 2.96.